The molecule has 3 atom stereocenters. The summed E-state index contributed by atoms with van der Waals surface area (Å²) in [6.07, 6.45) is 25.3. The number of aliphatic hydroxyl groups is 1. The van der Waals surface area contributed by atoms with Crippen LogP contribution in [0.25, 0.3) is 0 Å². The molecule has 0 saturated heterocycles. The Labute approximate surface area is 255 Å². The molecular formula is C35H71NO5. The Morgan fingerprint density at radius 2 is 1.07 bits per heavy atom. The maximum Gasteiger partial charge on any atom is 0.303 e. The Morgan fingerprint density at radius 3 is 1.61 bits per heavy atom. The SMILES string of the molecule is CCCCCCC(C)OC(CCCCCCCN(CCO)C(C)CCCCCCC(=O)O)OC(C)CCCCCC. The van der Waals surface area contributed by atoms with Gasteiger partial charge in [0.05, 0.1) is 18.8 Å². The average molecular weight is 586 g/mol. The minimum atomic E-state index is -0.695. The molecule has 0 amide bonds. The largest absolute Gasteiger partial charge is 0.481 e. The zero-order chi connectivity index (χ0) is 30.6. The summed E-state index contributed by atoms with van der Waals surface area (Å²) in [5.41, 5.74) is 0. The fraction of sp³-hybridized carbons (Fsp3) is 0.971. The number of rotatable bonds is 32. The number of unbranched alkanes of at least 4 members (excludes halogenated alkanes) is 13. The third-order valence-electron chi connectivity index (χ3n) is 8.35. The van der Waals surface area contributed by atoms with E-state index in [1.807, 2.05) is 0 Å². The van der Waals surface area contributed by atoms with E-state index in [4.69, 9.17) is 14.6 Å². The number of aliphatic carboxylic acids is 1. The van der Waals surface area contributed by atoms with Crippen LogP contribution in [0.5, 0.6) is 0 Å². The van der Waals surface area contributed by atoms with Crippen LogP contribution in [0.15, 0.2) is 0 Å². The van der Waals surface area contributed by atoms with E-state index in [0.717, 1.165) is 70.9 Å². The average Bonchev–Trinajstić information content (AvgIpc) is 2.93. The summed E-state index contributed by atoms with van der Waals surface area (Å²) in [4.78, 5) is 13.1. The molecule has 6 nitrogen and oxygen atoms in total. The number of carboxylic acid groups (broad SMARTS) is 1. The Bertz CT molecular complexity index is 541. The first kappa shape index (κ1) is 40.3. The van der Waals surface area contributed by atoms with Crippen molar-refractivity contribution < 1.29 is 24.5 Å². The molecule has 0 aliphatic heterocycles. The third-order valence-corrected chi connectivity index (χ3v) is 8.35. The van der Waals surface area contributed by atoms with Crippen LogP contribution in [0.2, 0.25) is 0 Å². The van der Waals surface area contributed by atoms with Crippen molar-refractivity contribution in [2.24, 2.45) is 0 Å². The molecule has 0 heterocycles. The molecule has 6 heteroatoms. The van der Waals surface area contributed by atoms with Gasteiger partial charge in [-0.2, -0.15) is 0 Å². The van der Waals surface area contributed by atoms with Crippen LogP contribution in [0.3, 0.4) is 0 Å². The standard InChI is InChI=1S/C35H71NO5/c1-6-8-10-18-24-32(4)40-35(41-33(5)25-19-11-9-7-2)27-21-13-12-16-22-28-36(29-30-37)31(3)23-17-14-15-20-26-34(38)39/h31-33,35,37H,6-30H2,1-5H3,(H,38,39). The third kappa shape index (κ3) is 26.7. The summed E-state index contributed by atoms with van der Waals surface area (Å²) in [6.45, 7) is 13.2. The van der Waals surface area contributed by atoms with Crippen LogP contribution in [0, 0.1) is 0 Å². The van der Waals surface area contributed by atoms with Gasteiger partial charge in [-0.3, -0.25) is 9.69 Å². The van der Waals surface area contributed by atoms with Gasteiger partial charge in [0, 0.05) is 19.0 Å². The van der Waals surface area contributed by atoms with Gasteiger partial charge >= 0.3 is 5.97 Å². The molecular weight excluding hydrogens is 514 g/mol. The number of hydrogen-bond donors (Lipinski definition) is 2. The van der Waals surface area contributed by atoms with Crippen LogP contribution in [0.1, 0.15) is 176 Å². The Balaban J connectivity index is 4.33. The smallest absolute Gasteiger partial charge is 0.303 e. The highest BCUT2D eigenvalue weighted by atomic mass is 16.7. The van der Waals surface area contributed by atoms with E-state index >= 15 is 0 Å². The molecule has 0 aliphatic carbocycles. The van der Waals surface area contributed by atoms with Crippen molar-refractivity contribution in [3.63, 3.8) is 0 Å². The summed E-state index contributed by atoms with van der Waals surface area (Å²) < 4.78 is 12.9. The van der Waals surface area contributed by atoms with Gasteiger partial charge in [-0.1, -0.05) is 104 Å². The molecule has 41 heavy (non-hydrogen) atoms. The molecule has 246 valence electrons. The number of ether oxygens (including phenoxy) is 2. The lowest BCUT2D eigenvalue weighted by Crippen LogP contribution is -2.36. The summed E-state index contributed by atoms with van der Waals surface area (Å²) in [5.74, 6) is -0.695. The maximum absolute atomic E-state index is 10.6. The molecule has 2 N–H and O–H groups in total. The summed E-state index contributed by atoms with van der Waals surface area (Å²) in [5, 5.41) is 18.3. The lowest BCUT2D eigenvalue weighted by Gasteiger charge is -2.28. The molecule has 0 aromatic carbocycles. The number of nitrogens with zero attached hydrogens (tertiary/aromatic N) is 1. The Hall–Kier alpha value is -0.690. The quantitative estimate of drug-likeness (QED) is 0.0604. The zero-order valence-electron chi connectivity index (χ0n) is 28.1. The predicted octanol–water partition coefficient (Wildman–Crippen LogP) is 9.51. The highest BCUT2D eigenvalue weighted by Crippen LogP contribution is 2.19. The first-order chi connectivity index (χ1) is 19.8. The maximum atomic E-state index is 10.6. The highest BCUT2D eigenvalue weighted by Gasteiger charge is 2.17. The van der Waals surface area contributed by atoms with E-state index in [2.05, 4.69) is 39.5 Å². The second kappa shape index (κ2) is 29.4. The van der Waals surface area contributed by atoms with Gasteiger partial charge in [0.25, 0.3) is 0 Å². The molecule has 0 spiro atoms. The van der Waals surface area contributed by atoms with Gasteiger partial charge in [0.1, 0.15) is 0 Å². The van der Waals surface area contributed by atoms with Crippen LogP contribution < -0.4 is 0 Å². The van der Waals surface area contributed by atoms with E-state index in [-0.39, 0.29) is 31.5 Å². The second-order valence-electron chi connectivity index (χ2n) is 12.5. The fourth-order valence-electron chi connectivity index (χ4n) is 5.63. The molecule has 0 radical (unpaired) electrons. The van der Waals surface area contributed by atoms with Gasteiger partial charge in [0.2, 0.25) is 0 Å². The Morgan fingerprint density at radius 1 is 0.610 bits per heavy atom. The topological polar surface area (TPSA) is 79.2 Å². The number of aliphatic hydroxyl groups excluding tert-OH is 1. The van der Waals surface area contributed by atoms with Crippen LogP contribution in [-0.4, -0.2) is 65.3 Å². The van der Waals surface area contributed by atoms with Crippen molar-refractivity contribution in [2.75, 3.05) is 19.7 Å². The van der Waals surface area contributed by atoms with E-state index in [1.54, 1.807) is 0 Å². The van der Waals surface area contributed by atoms with Crippen molar-refractivity contribution in [3.8, 4) is 0 Å². The molecule has 0 aliphatic rings. The molecule has 0 fully saturated rings. The van der Waals surface area contributed by atoms with Crippen LogP contribution >= 0.6 is 0 Å². The van der Waals surface area contributed by atoms with Crippen molar-refractivity contribution in [1.29, 1.82) is 0 Å². The van der Waals surface area contributed by atoms with Crippen molar-refractivity contribution >= 4 is 5.97 Å². The van der Waals surface area contributed by atoms with E-state index < -0.39 is 5.97 Å². The van der Waals surface area contributed by atoms with E-state index in [0.29, 0.717) is 6.04 Å². The van der Waals surface area contributed by atoms with Crippen LogP contribution in [-0.2, 0) is 14.3 Å². The first-order valence-corrected chi connectivity index (χ1v) is 17.7. The van der Waals surface area contributed by atoms with Crippen molar-refractivity contribution in [3.05, 3.63) is 0 Å². The molecule has 0 aromatic heterocycles. The normalized spacial score (nSPS) is 14.8. The lowest BCUT2D eigenvalue weighted by molar-refractivity contribution is -0.193. The molecule has 0 bridgehead atoms. The minimum Gasteiger partial charge on any atom is -0.481 e. The Kier molecular flexibility index (Phi) is 28.9. The van der Waals surface area contributed by atoms with Gasteiger partial charge < -0.3 is 19.7 Å². The summed E-state index contributed by atoms with van der Waals surface area (Å²) in [7, 11) is 0. The van der Waals surface area contributed by atoms with E-state index in [9.17, 15) is 9.90 Å². The number of carboxylic acids is 1. The first-order valence-electron chi connectivity index (χ1n) is 17.7. The van der Waals surface area contributed by atoms with Crippen molar-refractivity contribution in [2.45, 2.75) is 200 Å². The number of hydrogen-bond acceptors (Lipinski definition) is 5. The summed E-state index contributed by atoms with van der Waals surface area (Å²) >= 11 is 0. The van der Waals surface area contributed by atoms with Crippen LogP contribution in [0.4, 0.5) is 0 Å². The van der Waals surface area contributed by atoms with Gasteiger partial charge in [0.15, 0.2) is 6.29 Å². The molecule has 0 saturated carbocycles. The van der Waals surface area contributed by atoms with Gasteiger partial charge in [-0.15, -0.1) is 0 Å². The second-order valence-corrected chi connectivity index (χ2v) is 12.5. The predicted molar refractivity (Wildman–Crippen MR) is 174 cm³/mol. The molecule has 0 rings (SSSR count). The monoisotopic (exact) mass is 586 g/mol. The highest BCUT2D eigenvalue weighted by molar-refractivity contribution is 5.66. The zero-order valence-corrected chi connectivity index (χ0v) is 28.1. The minimum absolute atomic E-state index is 0.0811. The van der Waals surface area contributed by atoms with Crippen molar-refractivity contribution in [1.82, 2.24) is 4.90 Å². The van der Waals surface area contributed by atoms with E-state index in [1.165, 1.54) is 77.0 Å². The van der Waals surface area contributed by atoms with Gasteiger partial charge in [-0.25, -0.2) is 0 Å². The molecule has 3 unspecified atom stereocenters. The molecule has 0 aromatic rings. The summed E-state index contributed by atoms with van der Waals surface area (Å²) in [6, 6.07) is 0.463. The lowest BCUT2D eigenvalue weighted by atomic mass is 10.1. The van der Waals surface area contributed by atoms with Gasteiger partial charge in [-0.05, 0) is 72.3 Å². The fourth-order valence-corrected chi connectivity index (χ4v) is 5.63. The number of carbonyl (C=O) groups is 1.